The number of anilines is 1. The smallest absolute Gasteiger partial charge is 0.266 e. The number of halogens is 2. The summed E-state index contributed by atoms with van der Waals surface area (Å²) < 4.78 is 33.7. The van der Waals surface area contributed by atoms with Crippen molar-refractivity contribution >= 4 is 54.2 Å². The molecule has 2 N–H and O–H groups in total. The van der Waals surface area contributed by atoms with Crippen molar-refractivity contribution in [1.82, 2.24) is 5.32 Å². The first kappa shape index (κ1) is 15.8. The standard InChI is InChI=1S/C12H12BrIN2O3S/c1-15-7-10-6-11(12(13)19-10)20(17,18)16-9-4-2-3-8(14)5-9/h2-6,15-16H,7H2,1H3. The Hall–Kier alpha value is -0.580. The molecule has 0 atom stereocenters. The van der Waals surface area contributed by atoms with E-state index in [-0.39, 0.29) is 9.56 Å². The molecule has 5 nitrogen and oxygen atoms in total. The van der Waals surface area contributed by atoms with Gasteiger partial charge in [-0.1, -0.05) is 6.07 Å². The molecule has 0 saturated carbocycles. The van der Waals surface area contributed by atoms with E-state index in [9.17, 15) is 8.42 Å². The van der Waals surface area contributed by atoms with Gasteiger partial charge in [-0.15, -0.1) is 0 Å². The Morgan fingerprint density at radius 1 is 1.35 bits per heavy atom. The molecular formula is C12H12BrIN2O3S. The van der Waals surface area contributed by atoms with Crippen LogP contribution in [0.1, 0.15) is 5.76 Å². The van der Waals surface area contributed by atoms with Crippen LogP contribution in [-0.4, -0.2) is 15.5 Å². The molecule has 0 aliphatic heterocycles. The van der Waals surface area contributed by atoms with E-state index in [1.165, 1.54) is 6.07 Å². The SMILES string of the molecule is CNCc1cc(S(=O)(=O)Nc2cccc(I)c2)c(Br)o1. The van der Waals surface area contributed by atoms with Gasteiger partial charge in [0.05, 0.1) is 6.54 Å². The summed E-state index contributed by atoms with van der Waals surface area (Å²) in [6.45, 7) is 0.456. The van der Waals surface area contributed by atoms with Crippen LogP contribution in [0.2, 0.25) is 0 Å². The minimum Gasteiger partial charge on any atom is -0.451 e. The van der Waals surface area contributed by atoms with Gasteiger partial charge in [0.1, 0.15) is 10.7 Å². The fourth-order valence-electron chi connectivity index (χ4n) is 1.60. The quantitative estimate of drug-likeness (QED) is 0.658. The minimum atomic E-state index is -3.68. The first-order chi connectivity index (χ1) is 9.42. The van der Waals surface area contributed by atoms with E-state index in [1.54, 1.807) is 25.2 Å². The van der Waals surface area contributed by atoms with E-state index in [4.69, 9.17) is 4.42 Å². The molecule has 108 valence electrons. The molecule has 0 saturated heterocycles. The largest absolute Gasteiger partial charge is 0.451 e. The van der Waals surface area contributed by atoms with Gasteiger partial charge in [0.15, 0.2) is 4.67 Å². The first-order valence-electron chi connectivity index (χ1n) is 5.63. The number of benzene rings is 1. The average Bonchev–Trinajstić information content (AvgIpc) is 2.71. The highest BCUT2D eigenvalue weighted by Crippen LogP contribution is 2.28. The van der Waals surface area contributed by atoms with Gasteiger partial charge in [-0.25, -0.2) is 8.42 Å². The van der Waals surface area contributed by atoms with Gasteiger partial charge >= 0.3 is 0 Å². The van der Waals surface area contributed by atoms with Crippen LogP contribution in [0.5, 0.6) is 0 Å². The van der Waals surface area contributed by atoms with E-state index in [0.717, 1.165) is 3.57 Å². The van der Waals surface area contributed by atoms with Crippen LogP contribution < -0.4 is 10.0 Å². The Labute approximate surface area is 139 Å². The molecule has 8 heteroatoms. The summed E-state index contributed by atoms with van der Waals surface area (Å²) in [5, 5.41) is 2.90. The summed E-state index contributed by atoms with van der Waals surface area (Å²) in [5.41, 5.74) is 0.514. The van der Waals surface area contributed by atoms with Crippen LogP contribution in [0.4, 0.5) is 5.69 Å². The Morgan fingerprint density at radius 2 is 2.10 bits per heavy atom. The van der Waals surface area contributed by atoms with Crippen molar-refractivity contribution in [1.29, 1.82) is 0 Å². The van der Waals surface area contributed by atoms with Crippen molar-refractivity contribution in [2.45, 2.75) is 11.4 Å². The number of rotatable bonds is 5. The zero-order valence-corrected chi connectivity index (χ0v) is 15.0. The molecule has 2 aromatic rings. The highest BCUT2D eigenvalue weighted by atomic mass is 127. The first-order valence-corrected chi connectivity index (χ1v) is 8.99. The Kier molecular flexibility index (Phi) is 5.10. The van der Waals surface area contributed by atoms with Gasteiger partial charge in [-0.2, -0.15) is 0 Å². The van der Waals surface area contributed by atoms with Crippen molar-refractivity contribution in [2.75, 3.05) is 11.8 Å². The lowest BCUT2D eigenvalue weighted by atomic mass is 10.3. The molecule has 0 fully saturated rings. The summed E-state index contributed by atoms with van der Waals surface area (Å²) in [6.07, 6.45) is 0. The third kappa shape index (κ3) is 3.74. The zero-order chi connectivity index (χ0) is 14.8. The van der Waals surface area contributed by atoms with Gasteiger partial charge in [-0.05, 0) is 63.8 Å². The molecule has 2 rings (SSSR count). The summed E-state index contributed by atoms with van der Waals surface area (Å²) in [5.74, 6) is 0.544. The second kappa shape index (κ2) is 6.46. The Morgan fingerprint density at radius 3 is 2.75 bits per heavy atom. The molecule has 1 aromatic carbocycles. The van der Waals surface area contributed by atoms with Gasteiger partial charge in [-0.3, -0.25) is 4.72 Å². The van der Waals surface area contributed by atoms with Crippen LogP contribution in [0, 0.1) is 3.57 Å². The molecule has 0 radical (unpaired) electrons. The summed E-state index contributed by atoms with van der Waals surface area (Å²) in [7, 11) is -1.92. The maximum atomic E-state index is 12.3. The summed E-state index contributed by atoms with van der Waals surface area (Å²) >= 11 is 5.26. The normalized spacial score (nSPS) is 11.6. The lowest BCUT2D eigenvalue weighted by Gasteiger charge is -2.06. The molecule has 1 heterocycles. The fourth-order valence-corrected chi connectivity index (χ4v) is 4.20. The average molecular weight is 471 g/mol. The van der Waals surface area contributed by atoms with E-state index in [0.29, 0.717) is 18.0 Å². The van der Waals surface area contributed by atoms with E-state index in [1.807, 2.05) is 6.07 Å². The molecule has 20 heavy (non-hydrogen) atoms. The van der Waals surface area contributed by atoms with E-state index in [2.05, 4.69) is 48.6 Å². The van der Waals surface area contributed by atoms with Gasteiger partial charge in [0, 0.05) is 15.3 Å². The molecule has 0 amide bonds. The second-order valence-corrected chi connectivity index (χ2v) is 7.61. The Bertz CT molecular complexity index is 715. The number of hydrogen-bond acceptors (Lipinski definition) is 4. The van der Waals surface area contributed by atoms with Gasteiger partial charge in [0.2, 0.25) is 0 Å². The highest BCUT2D eigenvalue weighted by molar-refractivity contribution is 14.1. The van der Waals surface area contributed by atoms with Crippen molar-refractivity contribution in [3.63, 3.8) is 0 Å². The number of hydrogen-bond donors (Lipinski definition) is 2. The van der Waals surface area contributed by atoms with E-state index >= 15 is 0 Å². The third-order valence-electron chi connectivity index (χ3n) is 2.42. The van der Waals surface area contributed by atoms with Crippen molar-refractivity contribution in [3.8, 4) is 0 Å². The molecule has 0 aliphatic carbocycles. The topological polar surface area (TPSA) is 71.3 Å². The monoisotopic (exact) mass is 470 g/mol. The number of sulfonamides is 1. The Balaban J connectivity index is 2.30. The van der Waals surface area contributed by atoms with Crippen LogP contribution in [0.15, 0.2) is 44.3 Å². The molecule has 0 aliphatic rings. The molecule has 1 aromatic heterocycles. The zero-order valence-electron chi connectivity index (χ0n) is 10.5. The second-order valence-electron chi connectivity index (χ2n) is 4.00. The number of nitrogens with one attached hydrogen (secondary N) is 2. The third-order valence-corrected chi connectivity index (χ3v) is 5.33. The molecule has 0 bridgehead atoms. The van der Waals surface area contributed by atoms with Gasteiger partial charge < -0.3 is 9.73 Å². The molecule has 0 spiro atoms. The van der Waals surface area contributed by atoms with Crippen molar-refractivity contribution in [3.05, 3.63) is 44.3 Å². The van der Waals surface area contributed by atoms with E-state index < -0.39 is 10.0 Å². The molecular weight excluding hydrogens is 459 g/mol. The minimum absolute atomic E-state index is 0.0848. The van der Waals surface area contributed by atoms with Gasteiger partial charge in [0.25, 0.3) is 10.0 Å². The highest BCUT2D eigenvalue weighted by Gasteiger charge is 2.22. The number of furan rings is 1. The predicted molar refractivity (Wildman–Crippen MR) is 89.1 cm³/mol. The predicted octanol–water partition coefficient (Wildman–Crippen LogP) is 3.17. The van der Waals surface area contributed by atoms with Crippen LogP contribution in [0.25, 0.3) is 0 Å². The maximum Gasteiger partial charge on any atom is 0.266 e. The fraction of sp³-hybridized carbons (Fsp3) is 0.167. The lowest BCUT2D eigenvalue weighted by Crippen LogP contribution is -2.12. The van der Waals surface area contributed by atoms with Crippen molar-refractivity contribution < 1.29 is 12.8 Å². The van der Waals surface area contributed by atoms with Crippen LogP contribution >= 0.6 is 38.5 Å². The van der Waals surface area contributed by atoms with Crippen LogP contribution in [-0.2, 0) is 16.6 Å². The lowest BCUT2D eigenvalue weighted by molar-refractivity contribution is 0.470. The molecule has 0 unspecified atom stereocenters. The summed E-state index contributed by atoms with van der Waals surface area (Å²) in [6, 6.07) is 8.62. The summed E-state index contributed by atoms with van der Waals surface area (Å²) in [4.78, 5) is 0.0848. The van der Waals surface area contributed by atoms with Crippen LogP contribution in [0.3, 0.4) is 0 Å². The van der Waals surface area contributed by atoms with Crippen molar-refractivity contribution in [2.24, 2.45) is 0 Å². The maximum absolute atomic E-state index is 12.3.